The molecule has 0 bridgehead atoms. The Morgan fingerprint density at radius 2 is 2.50 bits per heavy atom. The van der Waals surface area contributed by atoms with E-state index >= 15 is 0 Å². The maximum Gasteiger partial charge on any atom is 0.323 e. The molecule has 2 N–H and O–H groups in total. The first-order valence-corrected chi connectivity index (χ1v) is 5.65. The van der Waals surface area contributed by atoms with Gasteiger partial charge in [-0.05, 0) is 6.42 Å². The van der Waals surface area contributed by atoms with Crippen molar-refractivity contribution >= 4 is 23.5 Å². The highest BCUT2D eigenvalue weighted by molar-refractivity contribution is 8.00. The highest BCUT2D eigenvalue weighted by atomic mass is 32.2. The van der Waals surface area contributed by atoms with Gasteiger partial charge in [0.1, 0.15) is 11.8 Å². The summed E-state index contributed by atoms with van der Waals surface area (Å²) in [4.78, 5) is 21.9. The molecular weight excluding hydrogens is 202 g/mol. The Hall–Kier alpha value is -0.550. The molecule has 80 valence electrons. The van der Waals surface area contributed by atoms with Gasteiger partial charge in [-0.1, -0.05) is 0 Å². The van der Waals surface area contributed by atoms with Crippen molar-refractivity contribution in [3.05, 3.63) is 0 Å². The summed E-state index contributed by atoms with van der Waals surface area (Å²) >= 11 is 1.59. The van der Waals surface area contributed by atoms with Crippen molar-refractivity contribution in [2.45, 2.75) is 30.6 Å². The fourth-order valence-electron chi connectivity index (χ4n) is 1.38. The normalized spacial score (nSPS) is 23.6. The molecule has 0 aliphatic heterocycles. The number of nitrogens with two attached hydrogens (primary N) is 1. The number of thioether (sulfide) groups is 1. The number of methoxy groups -OCH3 is 1. The van der Waals surface area contributed by atoms with Crippen LogP contribution in [0, 0.1) is 0 Å². The number of ketones is 1. The lowest BCUT2D eigenvalue weighted by Gasteiger charge is -2.11. The number of hydrogen-bond donors (Lipinski definition) is 1. The van der Waals surface area contributed by atoms with Crippen molar-refractivity contribution < 1.29 is 14.3 Å². The van der Waals surface area contributed by atoms with Crippen molar-refractivity contribution in [3.63, 3.8) is 0 Å². The van der Waals surface area contributed by atoms with Gasteiger partial charge < -0.3 is 10.5 Å². The van der Waals surface area contributed by atoms with Crippen LogP contribution in [-0.2, 0) is 14.3 Å². The first-order chi connectivity index (χ1) is 6.63. The summed E-state index contributed by atoms with van der Waals surface area (Å²) in [6.07, 6.45) is 2.21. The number of rotatable bonds is 4. The third kappa shape index (κ3) is 3.31. The molecule has 1 aliphatic rings. The van der Waals surface area contributed by atoms with Crippen molar-refractivity contribution in [2.75, 3.05) is 12.9 Å². The summed E-state index contributed by atoms with van der Waals surface area (Å²) in [6.45, 7) is 0. The zero-order chi connectivity index (χ0) is 10.6. The third-order valence-electron chi connectivity index (χ3n) is 2.22. The van der Waals surface area contributed by atoms with E-state index in [1.165, 1.54) is 7.11 Å². The van der Waals surface area contributed by atoms with E-state index in [1.54, 1.807) is 11.8 Å². The lowest BCUT2D eigenvalue weighted by Crippen LogP contribution is -2.34. The predicted molar refractivity (Wildman–Crippen MR) is 55.1 cm³/mol. The minimum atomic E-state index is -0.569. The van der Waals surface area contributed by atoms with Gasteiger partial charge in [0.15, 0.2) is 0 Å². The zero-order valence-electron chi connectivity index (χ0n) is 8.19. The van der Waals surface area contributed by atoms with Gasteiger partial charge >= 0.3 is 5.97 Å². The Balaban J connectivity index is 2.20. The molecule has 1 fully saturated rings. The second kappa shape index (κ2) is 5.36. The molecule has 1 aliphatic carbocycles. The molecule has 0 heterocycles. The van der Waals surface area contributed by atoms with E-state index in [1.807, 2.05) is 0 Å². The average Bonchev–Trinajstić information content (AvgIpc) is 2.59. The van der Waals surface area contributed by atoms with Crippen molar-refractivity contribution in [1.29, 1.82) is 0 Å². The van der Waals surface area contributed by atoms with E-state index in [9.17, 15) is 9.59 Å². The van der Waals surface area contributed by atoms with Gasteiger partial charge in [0.2, 0.25) is 0 Å². The fraction of sp³-hybridized carbons (Fsp3) is 0.778. The molecule has 0 amide bonds. The summed E-state index contributed by atoms with van der Waals surface area (Å²) in [5, 5.41) is 0.346. The summed E-state index contributed by atoms with van der Waals surface area (Å²) in [5.41, 5.74) is 5.56. The molecule has 0 radical (unpaired) electrons. The maximum absolute atomic E-state index is 11.0. The van der Waals surface area contributed by atoms with Crippen LogP contribution in [0.15, 0.2) is 0 Å². The first-order valence-electron chi connectivity index (χ1n) is 4.60. The molecule has 0 saturated heterocycles. The molecule has 2 unspecified atom stereocenters. The van der Waals surface area contributed by atoms with Gasteiger partial charge in [-0.2, -0.15) is 11.8 Å². The predicted octanol–water partition coefficient (Wildman–Crippen LogP) is 0.342. The van der Waals surface area contributed by atoms with E-state index < -0.39 is 6.04 Å². The van der Waals surface area contributed by atoms with E-state index in [4.69, 9.17) is 5.73 Å². The van der Waals surface area contributed by atoms with E-state index in [0.29, 0.717) is 29.6 Å². The Bertz CT molecular complexity index is 232. The minimum absolute atomic E-state index is 0.314. The van der Waals surface area contributed by atoms with Gasteiger partial charge in [0.25, 0.3) is 0 Å². The van der Waals surface area contributed by atoms with E-state index in [2.05, 4.69) is 4.74 Å². The van der Waals surface area contributed by atoms with Crippen molar-refractivity contribution in [3.8, 4) is 0 Å². The highest BCUT2D eigenvalue weighted by Gasteiger charge is 2.24. The molecular formula is C9H15NO3S. The molecule has 2 atom stereocenters. The van der Waals surface area contributed by atoms with Crippen LogP contribution in [0.25, 0.3) is 0 Å². The van der Waals surface area contributed by atoms with Crippen LogP contribution in [0.3, 0.4) is 0 Å². The lowest BCUT2D eigenvalue weighted by molar-refractivity contribution is -0.141. The molecule has 0 aromatic rings. The fourth-order valence-corrected chi connectivity index (χ4v) is 2.59. The minimum Gasteiger partial charge on any atom is -0.468 e. The van der Waals surface area contributed by atoms with Gasteiger partial charge in [-0.25, -0.2) is 0 Å². The second-order valence-electron chi connectivity index (χ2n) is 3.37. The molecule has 4 nitrogen and oxygen atoms in total. The van der Waals surface area contributed by atoms with Crippen LogP contribution in [0.1, 0.15) is 19.3 Å². The molecule has 5 heteroatoms. The third-order valence-corrected chi connectivity index (χ3v) is 3.64. The molecule has 1 saturated carbocycles. The van der Waals surface area contributed by atoms with Gasteiger partial charge in [-0.3, -0.25) is 9.59 Å². The topological polar surface area (TPSA) is 69.4 Å². The maximum atomic E-state index is 11.0. The number of carbonyl (C=O) groups excluding carboxylic acids is 2. The standard InChI is InChI=1S/C9H15NO3S/c1-13-9(12)8(10)5-14-7-3-2-6(11)4-7/h7-8H,2-5,10H2,1H3. The molecule has 1 rings (SSSR count). The van der Waals surface area contributed by atoms with E-state index in [-0.39, 0.29) is 5.97 Å². The number of Topliss-reactive ketones (excluding diaryl/α,β-unsaturated/α-hetero) is 1. The molecule has 0 aromatic heterocycles. The quantitative estimate of drug-likeness (QED) is 0.688. The average molecular weight is 217 g/mol. The number of esters is 1. The molecule has 14 heavy (non-hydrogen) atoms. The second-order valence-corrected chi connectivity index (χ2v) is 4.70. The SMILES string of the molecule is COC(=O)C(N)CSC1CCC(=O)C1. The van der Waals surface area contributed by atoms with Crippen molar-refractivity contribution in [2.24, 2.45) is 5.73 Å². The summed E-state index contributed by atoms with van der Waals surface area (Å²) in [5.74, 6) is 0.459. The Labute approximate surface area is 87.6 Å². The summed E-state index contributed by atoms with van der Waals surface area (Å²) in [7, 11) is 1.33. The van der Waals surface area contributed by atoms with Crippen LogP contribution < -0.4 is 5.73 Å². The smallest absolute Gasteiger partial charge is 0.323 e. The molecule has 0 spiro atoms. The lowest BCUT2D eigenvalue weighted by atomic mass is 10.4. The summed E-state index contributed by atoms with van der Waals surface area (Å²) in [6, 6.07) is -0.569. The Morgan fingerprint density at radius 3 is 3.00 bits per heavy atom. The number of ether oxygens (including phenoxy) is 1. The van der Waals surface area contributed by atoms with Crippen LogP contribution in [0.4, 0.5) is 0 Å². The van der Waals surface area contributed by atoms with Crippen LogP contribution >= 0.6 is 11.8 Å². The van der Waals surface area contributed by atoms with Crippen LogP contribution in [0.2, 0.25) is 0 Å². The van der Waals surface area contributed by atoms with E-state index in [0.717, 1.165) is 6.42 Å². The summed E-state index contributed by atoms with van der Waals surface area (Å²) < 4.78 is 4.50. The largest absolute Gasteiger partial charge is 0.468 e. The van der Waals surface area contributed by atoms with Gasteiger partial charge in [-0.15, -0.1) is 0 Å². The monoisotopic (exact) mass is 217 g/mol. The zero-order valence-corrected chi connectivity index (χ0v) is 9.01. The van der Waals surface area contributed by atoms with Gasteiger partial charge in [0, 0.05) is 23.8 Å². The Morgan fingerprint density at radius 1 is 1.79 bits per heavy atom. The van der Waals surface area contributed by atoms with Gasteiger partial charge in [0.05, 0.1) is 7.11 Å². The van der Waals surface area contributed by atoms with Crippen LogP contribution in [0.5, 0.6) is 0 Å². The molecule has 0 aromatic carbocycles. The van der Waals surface area contributed by atoms with Crippen molar-refractivity contribution in [1.82, 2.24) is 0 Å². The highest BCUT2D eigenvalue weighted by Crippen LogP contribution is 2.27. The number of hydrogen-bond acceptors (Lipinski definition) is 5. The van der Waals surface area contributed by atoms with Crippen LogP contribution in [-0.4, -0.2) is 35.9 Å². The number of carbonyl (C=O) groups is 2. The first kappa shape index (κ1) is 11.5. The Kier molecular flexibility index (Phi) is 4.41.